The summed E-state index contributed by atoms with van der Waals surface area (Å²) in [7, 11) is -1.08. The van der Waals surface area contributed by atoms with Gasteiger partial charge in [0, 0.05) is 16.6 Å². The largest absolute Gasteiger partial charge is 0.726 e. The second-order valence-corrected chi connectivity index (χ2v) is 12.3. The third kappa shape index (κ3) is 3.81. The van der Waals surface area contributed by atoms with Gasteiger partial charge in [-0.2, -0.15) is 0 Å². The average Bonchev–Trinajstić information content (AvgIpc) is 1.92. The van der Waals surface area contributed by atoms with Crippen LogP contribution in [0.1, 0.15) is 62.3 Å². The lowest BCUT2D eigenvalue weighted by molar-refractivity contribution is 0.278. The summed E-state index contributed by atoms with van der Waals surface area (Å²) in [5.41, 5.74) is 0.392. The molecule has 108 valence electrons. The quantitative estimate of drug-likeness (QED) is 0.564. The number of hydrogen-bond donors (Lipinski definition) is 1. The lowest BCUT2D eigenvalue weighted by atomic mass is 10.1. The van der Waals surface area contributed by atoms with Crippen molar-refractivity contribution in [3.05, 3.63) is 0 Å². The Morgan fingerprint density at radius 1 is 0.778 bits per heavy atom. The van der Waals surface area contributed by atoms with Crippen molar-refractivity contribution in [1.82, 2.24) is 14.0 Å². The van der Waals surface area contributed by atoms with E-state index in [2.05, 4.69) is 76.3 Å². The van der Waals surface area contributed by atoms with Gasteiger partial charge in [0.1, 0.15) is 8.37 Å². The Morgan fingerprint density at radius 2 is 1.11 bits per heavy atom. The van der Waals surface area contributed by atoms with Crippen molar-refractivity contribution < 1.29 is 0 Å². The molecule has 1 aliphatic heterocycles. The molecule has 0 spiro atoms. The molecule has 1 aliphatic rings. The van der Waals surface area contributed by atoms with Crippen LogP contribution in [0.3, 0.4) is 0 Å². The van der Waals surface area contributed by atoms with E-state index in [4.69, 9.17) is 12.2 Å². The molecule has 0 aromatic carbocycles. The second-order valence-electron chi connectivity index (χ2n) is 7.82. The van der Waals surface area contributed by atoms with E-state index in [1.54, 1.807) is 0 Å². The van der Waals surface area contributed by atoms with Crippen molar-refractivity contribution in [3.63, 3.8) is 0 Å². The molecule has 18 heavy (non-hydrogen) atoms. The molecule has 3 nitrogen and oxygen atoms in total. The van der Waals surface area contributed by atoms with Crippen LogP contribution in [-0.2, 0) is 12.2 Å². The third-order valence-corrected chi connectivity index (χ3v) is 10.7. The van der Waals surface area contributed by atoms with E-state index in [1.807, 2.05) is 0 Å². The monoisotopic (exact) mass is 308 g/mol. The molecule has 0 atom stereocenters. The summed E-state index contributed by atoms with van der Waals surface area (Å²) in [6.45, 7) is 20.2. The number of nitrogens with one attached hydrogen (secondary N) is 1. The molecule has 0 amide bonds. The lowest BCUT2D eigenvalue weighted by Gasteiger charge is -2.70. The number of hydrogen-bond acceptors (Lipinski definition) is 4. The van der Waals surface area contributed by atoms with E-state index in [0.29, 0.717) is 0 Å². The van der Waals surface area contributed by atoms with Gasteiger partial charge >= 0.3 is 0 Å². The maximum Gasteiger partial charge on any atom is 0.125 e. The van der Waals surface area contributed by atoms with Crippen LogP contribution in [0, 0.1) is 0 Å². The highest BCUT2D eigenvalue weighted by molar-refractivity contribution is 8.36. The van der Waals surface area contributed by atoms with Gasteiger partial charge in [0.05, 0.1) is 0 Å². The van der Waals surface area contributed by atoms with E-state index < -0.39 is 15.8 Å². The van der Waals surface area contributed by atoms with Crippen LogP contribution in [0.2, 0.25) is 0 Å². The number of nitrogens with zero attached hydrogens (tertiary/aromatic N) is 2. The topological polar surface area (TPSA) is 18.5 Å². The van der Waals surface area contributed by atoms with Gasteiger partial charge in [-0.25, -0.2) is 8.88 Å². The van der Waals surface area contributed by atoms with Crippen LogP contribution in [0.15, 0.2) is 0 Å². The highest BCUT2D eigenvalue weighted by Crippen LogP contribution is 2.78. The Hall–Kier alpha value is 1.09. The van der Waals surface area contributed by atoms with E-state index in [0.717, 1.165) is 0 Å². The predicted molar refractivity (Wildman–Crippen MR) is 87.3 cm³/mol. The predicted octanol–water partition coefficient (Wildman–Crippen LogP) is 4.59. The Labute approximate surface area is 121 Å². The first-order valence-corrected chi connectivity index (χ1v) is 9.91. The maximum atomic E-state index is 5.77. The van der Waals surface area contributed by atoms with Crippen molar-refractivity contribution in [2.45, 2.75) is 78.9 Å². The van der Waals surface area contributed by atoms with Gasteiger partial charge in [-0.05, 0) is 62.3 Å². The minimum absolute atomic E-state index is 0.116. The molecule has 0 aliphatic carbocycles. The molecule has 0 aromatic rings. The van der Waals surface area contributed by atoms with Gasteiger partial charge < -0.3 is 12.2 Å². The molecule has 0 unspecified atom stereocenters. The van der Waals surface area contributed by atoms with Gasteiger partial charge in [-0.3, -0.25) is 5.09 Å². The van der Waals surface area contributed by atoms with Gasteiger partial charge in [-0.15, -0.1) is 0 Å². The van der Waals surface area contributed by atoms with Gasteiger partial charge in [0.25, 0.3) is 0 Å². The zero-order valence-corrected chi connectivity index (χ0v) is 15.8. The van der Waals surface area contributed by atoms with Crippen LogP contribution in [-0.4, -0.2) is 25.5 Å². The summed E-state index contributed by atoms with van der Waals surface area (Å²) in [4.78, 5) is 0. The molecule has 1 N–H and O–H groups in total. The van der Waals surface area contributed by atoms with Crippen LogP contribution < -0.4 is 5.09 Å². The minimum Gasteiger partial charge on any atom is -0.726 e. The van der Waals surface area contributed by atoms with E-state index in [1.165, 1.54) is 0 Å². The normalized spacial score (nSPS) is 28.3. The smallest absolute Gasteiger partial charge is 0.125 e. The fourth-order valence-electron chi connectivity index (χ4n) is 1.75. The van der Waals surface area contributed by atoms with E-state index >= 15 is 0 Å². The van der Waals surface area contributed by atoms with Crippen LogP contribution in [0.5, 0.6) is 0 Å². The van der Waals surface area contributed by atoms with Crippen LogP contribution in [0.4, 0.5) is 0 Å². The van der Waals surface area contributed by atoms with E-state index in [-0.39, 0.29) is 16.6 Å². The molecule has 1 fully saturated rings. The van der Waals surface area contributed by atoms with E-state index in [9.17, 15) is 0 Å². The van der Waals surface area contributed by atoms with Crippen LogP contribution >= 0.6 is 15.8 Å². The fourth-order valence-corrected chi connectivity index (χ4v) is 9.61. The summed E-state index contributed by atoms with van der Waals surface area (Å²) >= 11 is 5.77. The molecule has 1 heterocycles. The van der Waals surface area contributed by atoms with Crippen LogP contribution in [0.25, 0.3) is 0 Å². The Kier molecular flexibility index (Phi) is 4.89. The van der Waals surface area contributed by atoms with Crippen molar-refractivity contribution in [3.8, 4) is 0 Å². The molecular formula is C12H28N3P2S-. The summed E-state index contributed by atoms with van der Waals surface area (Å²) in [5.74, 6) is 0. The third-order valence-electron chi connectivity index (χ3n) is 2.32. The molecule has 0 radical (unpaired) electrons. The first kappa shape index (κ1) is 17.1. The Balaban J connectivity index is 2.96. The summed E-state index contributed by atoms with van der Waals surface area (Å²) in [6.07, 6.45) is 0. The molecule has 6 heteroatoms. The SMILES string of the molecule is CC(C)(C)NP1N(C(C)(C)C)P([S-])N1C(C)(C)C. The maximum absolute atomic E-state index is 5.77. The van der Waals surface area contributed by atoms with Gasteiger partial charge in [-0.1, -0.05) is 7.42 Å². The molecule has 1 rings (SSSR count). The Morgan fingerprint density at radius 3 is 1.33 bits per heavy atom. The highest BCUT2D eigenvalue weighted by Gasteiger charge is 2.50. The van der Waals surface area contributed by atoms with Crippen molar-refractivity contribution >= 4 is 28.0 Å². The molecule has 0 aromatic heterocycles. The molecule has 1 saturated heterocycles. The van der Waals surface area contributed by atoms with Crippen molar-refractivity contribution in [2.75, 3.05) is 0 Å². The summed E-state index contributed by atoms with van der Waals surface area (Å²) < 4.78 is 5.01. The van der Waals surface area contributed by atoms with Gasteiger partial charge in [0.2, 0.25) is 0 Å². The lowest BCUT2D eigenvalue weighted by Crippen LogP contribution is -2.57. The summed E-state index contributed by atoms with van der Waals surface area (Å²) in [6, 6.07) is 0. The standard InChI is InChI=1S/C12H28N3P2S/c1-10(2,3)13-16-14(11(4,5)6)17(18)15(16)12(7,8)9/h13H,1-9H3/q-1. The fraction of sp³-hybridized carbons (Fsp3) is 1.00. The zero-order chi connectivity index (χ0) is 14.5. The van der Waals surface area contributed by atoms with Crippen molar-refractivity contribution in [1.29, 1.82) is 0 Å². The first-order valence-electron chi connectivity index (χ1n) is 6.40. The molecule has 0 bridgehead atoms. The Bertz CT molecular complexity index is 282. The zero-order valence-electron chi connectivity index (χ0n) is 13.2. The van der Waals surface area contributed by atoms with Crippen molar-refractivity contribution in [2.24, 2.45) is 0 Å². The first-order chi connectivity index (χ1) is 7.75. The summed E-state index contributed by atoms with van der Waals surface area (Å²) in [5, 5.41) is 3.77. The second kappa shape index (κ2) is 5.13. The average molecular weight is 308 g/mol. The number of rotatable bonds is 1. The molecular weight excluding hydrogens is 280 g/mol. The highest BCUT2D eigenvalue weighted by atomic mass is 32.7. The molecule has 0 saturated carbocycles. The minimum atomic E-state index is -0.597. The van der Waals surface area contributed by atoms with Gasteiger partial charge in [0.15, 0.2) is 0 Å².